The largest absolute Gasteiger partial charge is 0.383 e. The van der Waals surface area contributed by atoms with Gasteiger partial charge < -0.3 is 25.0 Å². The smallest absolute Gasteiger partial charge is 0.191 e. The Morgan fingerprint density at radius 3 is 2.58 bits per heavy atom. The molecule has 1 heterocycles. The van der Waals surface area contributed by atoms with Gasteiger partial charge in [-0.3, -0.25) is 4.99 Å². The van der Waals surface area contributed by atoms with E-state index in [1.165, 1.54) is 25.9 Å². The van der Waals surface area contributed by atoms with Gasteiger partial charge in [-0.05, 0) is 58.5 Å². The van der Waals surface area contributed by atoms with Crippen molar-refractivity contribution in [3.8, 4) is 0 Å². The number of guanidine groups is 1. The van der Waals surface area contributed by atoms with Crippen molar-refractivity contribution in [3.63, 3.8) is 0 Å². The third-order valence-corrected chi connectivity index (χ3v) is 4.38. The van der Waals surface area contributed by atoms with Crippen LogP contribution in [0.2, 0.25) is 0 Å². The van der Waals surface area contributed by atoms with Crippen molar-refractivity contribution in [1.29, 1.82) is 0 Å². The van der Waals surface area contributed by atoms with Crippen LogP contribution in [0.25, 0.3) is 0 Å². The topological polar surface area (TPSA) is 58.1 Å². The predicted octanol–water partition coefficient (Wildman–Crippen LogP) is 1.72. The second-order valence-electron chi connectivity index (χ2n) is 6.33. The second kappa shape index (κ2) is 14.5. The van der Waals surface area contributed by atoms with Crippen LogP contribution in [0.15, 0.2) is 4.99 Å². The fraction of sp³-hybridized carbons (Fsp3) is 0.944. The van der Waals surface area contributed by atoms with E-state index in [0.29, 0.717) is 5.92 Å². The van der Waals surface area contributed by atoms with Crippen LogP contribution in [-0.4, -0.2) is 77.1 Å². The lowest BCUT2D eigenvalue weighted by molar-refractivity contribution is 0.121. The summed E-state index contributed by atoms with van der Waals surface area (Å²) in [7, 11) is 1.77. The van der Waals surface area contributed by atoms with Gasteiger partial charge in [0, 0.05) is 46.5 Å². The molecule has 1 rings (SSSR count). The molecule has 6 nitrogen and oxygen atoms in total. The minimum Gasteiger partial charge on any atom is -0.383 e. The number of aliphatic imine (C=N–C) groups is 1. The van der Waals surface area contributed by atoms with Crippen LogP contribution >= 0.6 is 0 Å². The van der Waals surface area contributed by atoms with Gasteiger partial charge in [-0.25, -0.2) is 0 Å². The number of likely N-dealkylation sites (tertiary alicyclic amines) is 1. The zero-order chi connectivity index (χ0) is 17.5. The van der Waals surface area contributed by atoms with Gasteiger partial charge in [0.05, 0.1) is 6.61 Å². The summed E-state index contributed by atoms with van der Waals surface area (Å²) in [6.07, 6.45) is 4.68. The lowest BCUT2D eigenvalue weighted by Gasteiger charge is -2.31. The summed E-state index contributed by atoms with van der Waals surface area (Å²) in [5.41, 5.74) is 0. The molecule has 24 heavy (non-hydrogen) atoms. The Morgan fingerprint density at radius 2 is 1.92 bits per heavy atom. The molecule has 0 spiro atoms. The normalized spacial score (nSPS) is 17.2. The molecule has 0 amide bonds. The Kier molecular flexibility index (Phi) is 12.8. The minimum atomic E-state index is 0.706. The Labute approximate surface area is 148 Å². The highest BCUT2D eigenvalue weighted by molar-refractivity contribution is 5.79. The third kappa shape index (κ3) is 10.1. The number of unbranched alkanes of at least 4 members (excludes halogenated alkanes) is 1. The summed E-state index contributed by atoms with van der Waals surface area (Å²) in [6.45, 7) is 12.8. The fourth-order valence-electron chi connectivity index (χ4n) is 2.86. The van der Waals surface area contributed by atoms with Crippen molar-refractivity contribution < 1.29 is 9.47 Å². The van der Waals surface area contributed by atoms with Crippen LogP contribution in [0.5, 0.6) is 0 Å². The number of nitrogens with zero attached hydrogens (tertiary/aromatic N) is 2. The van der Waals surface area contributed by atoms with Gasteiger partial charge in [0.25, 0.3) is 0 Å². The maximum atomic E-state index is 5.36. The van der Waals surface area contributed by atoms with E-state index in [9.17, 15) is 0 Å². The van der Waals surface area contributed by atoms with Crippen molar-refractivity contribution in [1.82, 2.24) is 15.5 Å². The van der Waals surface area contributed by atoms with Gasteiger partial charge in [0.15, 0.2) is 5.96 Å². The summed E-state index contributed by atoms with van der Waals surface area (Å²) < 4.78 is 10.5. The van der Waals surface area contributed by atoms with Crippen LogP contribution in [0.4, 0.5) is 0 Å². The van der Waals surface area contributed by atoms with Crippen molar-refractivity contribution in [2.24, 2.45) is 10.9 Å². The molecule has 0 radical (unpaired) electrons. The van der Waals surface area contributed by atoms with Gasteiger partial charge in [0.2, 0.25) is 0 Å². The summed E-state index contributed by atoms with van der Waals surface area (Å²) in [5, 5.41) is 6.77. The molecule has 0 bridgehead atoms. The highest BCUT2D eigenvalue weighted by Gasteiger charge is 2.18. The molecular formula is C18H38N4O2. The number of hydrogen-bond acceptors (Lipinski definition) is 4. The lowest BCUT2D eigenvalue weighted by Crippen LogP contribution is -2.39. The van der Waals surface area contributed by atoms with Crippen LogP contribution in [0.3, 0.4) is 0 Å². The molecular weight excluding hydrogens is 304 g/mol. The average Bonchev–Trinajstić information content (AvgIpc) is 2.61. The first-order chi connectivity index (χ1) is 11.8. The zero-order valence-corrected chi connectivity index (χ0v) is 16.0. The number of ether oxygens (including phenoxy) is 2. The minimum absolute atomic E-state index is 0.706. The average molecular weight is 343 g/mol. The molecule has 1 saturated heterocycles. The van der Waals surface area contributed by atoms with E-state index in [2.05, 4.69) is 22.5 Å². The molecule has 2 N–H and O–H groups in total. The maximum absolute atomic E-state index is 5.36. The standard InChI is InChI=1S/C18H38N4O2/c1-4-19-18(20-10-6-7-14-24-5-2)21-16-17-8-11-22(12-9-17)13-15-23-3/h17H,4-16H2,1-3H3,(H2,19,20,21). The Morgan fingerprint density at radius 1 is 1.12 bits per heavy atom. The fourth-order valence-corrected chi connectivity index (χ4v) is 2.86. The molecule has 0 saturated carbocycles. The van der Waals surface area contributed by atoms with E-state index in [0.717, 1.165) is 64.8 Å². The van der Waals surface area contributed by atoms with E-state index < -0.39 is 0 Å². The van der Waals surface area contributed by atoms with E-state index in [4.69, 9.17) is 14.5 Å². The van der Waals surface area contributed by atoms with E-state index in [-0.39, 0.29) is 0 Å². The van der Waals surface area contributed by atoms with Crippen LogP contribution in [0, 0.1) is 5.92 Å². The van der Waals surface area contributed by atoms with E-state index >= 15 is 0 Å². The SMILES string of the molecule is CCNC(=NCC1CCN(CCOC)CC1)NCCCCOCC. The number of hydrogen-bond donors (Lipinski definition) is 2. The van der Waals surface area contributed by atoms with Gasteiger partial charge in [0.1, 0.15) is 0 Å². The molecule has 142 valence electrons. The molecule has 0 atom stereocenters. The third-order valence-electron chi connectivity index (χ3n) is 4.38. The Hall–Kier alpha value is -0.850. The van der Waals surface area contributed by atoms with Crippen LogP contribution in [0.1, 0.15) is 39.5 Å². The highest BCUT2D eigenvalue weighted by Crippen LogP contribution is 2.17. The predicted molar refractivity (Wildman–Crippen MR) is 101 cm³/mol. The first kappa shape index (κ1) is 21.2. The zero-order valence-electron chi connectivity index (χ0n) is 16.0. The van der Waals surface area contributed by atoms with Crippen LogP contribution in [-0.2, 0) is 9.47 Å². The molecule has 6 heteroatoms. The summed E-state index contributed by atoms with van der Waals surface area (Å²) >= 11 is 0. The lowest BCUT2D eigenvalue weighted by atomic mass is 9.97. The summed E-state index contributed by atoms with van der Waals surface area (Å²) in [4.78, 5) is 7.27. The van der Waals surface area contributed by atoms with E-state index in [1.807, 2.05) is 6.92 Å². The van der Waals surface area contributed by atoms with Crippen molar-refractivity contribution in [3.05, 3.63) is 0 Å². The van der Waals surface area contributed by atoms with E-state index in [1.54, 1.807) is 7.11 Å². The monoisotopic (exact) mass is 342 g/mol. The summed E-state index contributed by atoms with van der Waals surface area (Å²) in [6, 6.07) is 0. The van der Waals surface area contributed by atoms with Crippen molar-refractivity contribution in [2.75, 3.05) is 66.2 Å². The maximum Gasteiger partial charge on any atom is 0.191 e. The molecule has 0 unspecified atom stereocenters. The van der Waals surface area contributed by atoms with Gasteiger partial charge in [-0.15, -0.1) is 0 Å². The first-order valence-corrected chi connectivity index (χ1v) is 9.61. The second-order valence-corrected chi connectivity index (χ2v) is 6.33. The Bertz CT molecular complexity index is 318. The number of piperidine rings is 1. The number of nitrogens with one attached hydrogen (secondary N) is 2. The number of methoxy groups -OCH3 is 1. The first-order valence-electron chi connectivity index (χ1n) is 9.61. The van der Waals surface area contributed by atoms with Gasteiger partial charge in [-0.1, -0.05) is 0 Å². The van der Waals surface area contributed by atoms with Gasteiger partial charge in [-0.2, -0.15) is 0 Å². The van der Waals surface area contributed by atoms with Gasteiger partial charge >= 0.3 is 0 Å². The quantitative estimate of drug-likeness (QED) is 0.321. The molecule has 1 fully saturated rings. The van der Waals surface area contributed by atoms with Crippen LogP contribution < -0.4 is 10.6 Å². The molecule has 1 aliphatic rings. The van der Waals surface area contributed by atoms with Crippen molar-refractivity contribution >= 4 is 5.96 Å². The molecule has 1 aliphatic heterocycles. The molecule has 0 aromatic rings. The van der Waals surface area contributed by atoms with Crippen molar-refractivity contribution in [2.45, 2.75) is 39.5 Å². The molecule has 0 aromatic heterocycles. The highest BCUT2D eigenvalue weighted by atomic mass is 16.5. The molecule has 0 aliphatic carbocycles. The Balaban J connectivity index is 2.20. The summed E-state index contributed by atoms with van der Waals surface area (Å²) in [5.74, 6) is 1.66. The molecule has 0 aromatic carbocycles. The number of rotatable bonds is 12.